The van der Waals surface area contributed by atoms with Crippen molar-refractivity contribution in [2.75, 3.05) is 0 Å². The van der Waals surface area contributed by atoms with Crippen LogP contribution in [0.5, 0.6) is 5.75 Å². The van der Waals surface area contributed by atoms with Crippen molar-refractivity contribution in [3.63, 3.8) is 0 Å². The van der Waals surface area contributed by atoms with E-state index in [0.29, 0.717) is 5.75 Å². The third kappa shape index (κ3) is 27.8. The zero-order valence-corrected chi connectivity index (χ0v) is 39.8. The Bertz CT molecular complexity index is 1080. The van der Waals surface area contributed by atoms with Gasteiger partial charge in [-0.1, -0.05) is 267 Å². The van der Waals surface area contributed by atoms with Gasteiger partial charge in [-0.15, -0.1) is 0 Å². The van der Waals surface area contributed by atoms with Gasteiger partial charge in [0.2, 0.25) is 0 Å². The summed E-state index contributed by atoms with van der Waals surface area (Å²) in [6, 6.07) is 3.85. The predicted molar refractivity (Wildman–Crippen MR) is 248 cm³/mol. The average Bonchev–Trinajstić information content (AvgIpc) is 3.12. The molecule has 0 aliphatic rings. The van der Waals surface area contributed by atoms with E-state index < -0.39 is 7.60 Å². The SMILES string of the molecule is CCCCCCCCCCCCCCCCCCC(CCCCCCCCCCCCCCCCC)OP(=O)(O)Cc1cc(C(C)(C)C)c(O)c(C(C)(C)C)c1. The Labute approximate surface area is 350 Å². The molecule has 1 aromatic carbocycles. The first-order valence-corrected chi connectivity index (χ1v) is 26.3. The van der Waals surface area contributed by atoms with Crippen LogP contribution < -0.4 is 0 Å². The van der Waals surface area contributed by atoms with Gasteiger partial charge in [-0.2, -0.15) is 0 Å². The van der Waals surface area contributed by atoms with E-state index in [1.54, 1.807) is 0 Å². The minimum atomic E-state index is -3.89. The summed E-state index contributed by atoms with van der Waals surface area (Å²) >= 11 is 0. The van der Waals surface area contributed by atoms with Gasteiger partial charge in [0, 0.05) is 0 Å². The van der Waals surface area contributed by atoms with Crippen LogP contribution in [0.15, 0.2) is 12.1 Å². The fraction of sp³-hybridized carbons (Fsp3) is 0.882. The molecule has 330 valence electrons. The normalized spacial score (nSPS) is 14.0. The average molecular weight is 805 g/mol. The molecule has 0 heterocycles. The third-order valence-corrected chi connectivity index (χ3v) is 13.4. The van der Waals surface area contributed by atoms with Crippen molar-refractivity contribution < 1.29 is 19.1 Å². The zero-order valence-electron chi connectivity index (χ0n) is 38.9. The van der Waals surface area contributed by atoms with E-state index in [0.717, 1.165) is 42.4 Å². The molecule has 0 aromatic heterocycles. The lowest BCUT2D eigenvalue weighted by molar-refractivity contribution is 0.149. The maximum absolute atomic E-state index is 13.8. The topological polar surface area (TPSA) is 66.8 Å². The van der Waals surface area contributed by atoms with Crippen LogP contribution >= 0.6 is 7.60 Å². The number of benzene rings is 1. The summed E-state index contributed by atoms with van der Waals surface area (Å²) in [6.45, 7) is 17.1. The maximum atomic E-state index is 13.8. The highest BCUT2D eigenvalue weighted by molar-refractivity contribution is 7.52. The van der Waals surface area contributed by atoms with Gasteiger partial charge < -0.3 is 14.5 Å². The molecular formula is C51H97O4P. The summed E-state index contributed by atoms with van der Waals surface area (Å²) in [5.74, 6) is 0.303. The lowest BCUT2D eigenvalue weighted by Crippen LogP contribution is -2.18. The Balaban J connectivity index is 2.56. The highest BCUT2D eigenvalue weighted by Gasteiger charge is 2.30. The van der Waals surface area contributed by atoms with E-state index in [2.05, 4.69) is 55.4 Å². The van der Waals surface area contributed by atoms with Gasteiger partial charge in [-0.05, 0) is 40.4 Å². The minimum Gasteiger partial charge on any atom is -0.507 e. The lowest BCUT2D eigenvalue weighted by Gasteiger charge is -2.29. The van der Waals surface area contributed by atoms with Crippen molar-refractivity contribution in [2.45, 2.75) is 290 Å². The van der Waals surface area contributed by atoms with Crippen molar-refractivity contribution >= 4 is 7.60 Å². The van der Waals surface area contributed by atoms with Crippen molar-refractivity contribution in [2.24, 2.45) is 0 Å². The number of unbranched alkanes of at least 4 members (excludes halogenated alkanes) is 29. The van der Waals surface area contributed by atoms with Crippen molar-refractivity contribution in [1.82, 2.24) is 0 Å². The number of phenolic OH excluding ortho intramolecular Hbond substituents is 1. The van der Waals surface area contributed by atoms with Crippen LogP contribution in [0.25, 0.3) is 0 Å². The number of phenols is 1. The highest BCUT2D eigenvalue weighted by atomic mass is 31.2. The van der Waals surface area contributed by atoms with Crippen LogP contribution in [0.4, 0.5) is 0 Å². The Morgan fingerprint density at radius 1 is 0.482 bits per heavy atom. The van der Waals surface area contributed by atoms with Gasteiger partial charge in [0.05, 0.1) is 12.3 Å². The van der Waals surface area contributed by atoms with E-state index in [1.165, 1.54) is 186 Å². The Kier molecular flexibility index (Phi) is 30.4. The minimum absolute atomic E-state index is 0.0201. The molecule has 0 spiro atoms. The number of aromatic hydroxyl groups is 1. The monoisotopic (exact) mass is 805 g/mol. The van der Waals surface area contributed by atoms with Crippen molar-refractivity contribution in [1.29, 1.82) is 0 Å². The van der Waals surface area contributed by atoms with Crippen LogP contribution in [0.3, 0.4) is 0 Å². The first kappa shape index (κ1) is 53.2. The predicted octanol–water partition coefficient (Wildman–Crippen LogP) is 18.0. The molecule has 0 aliphatic carbocycles. The van der Waals surface area contributed by atoms with Crippen molar-refractivity contribution in [3.05, 3.63) is 28.8 Å². The second-order valence-electron chi connectivity index (χ2n) is 19.9. The summed E-state index contributed by atoms with van der Waals surface area (Å²) in [5.41, 5.74) is 1.84. The lowest BCUT2D eigenvalue weighted by atomic mass is 9.78. The van der Waals surface area contributed by atoms with Crippen LogP contribution in [0.1, 0.15) is 284 Å². The molecule has 1 rings (SSSR count). The third-order valence-electron chi connectivity index (χ3n) is 12.0. The van der Waals surface area contributed by atoms with Gasteiger partial charge in [0.1, 0.15) is 5.75 Å². The molecule has 0 radical (unpaired) electrons. The molecule has 0 amide bonds. The Morgan fingerprint density at radius 2 is 0.732 bits per heavy atom. The molecule has 2 N–H and O–H groups in total. The Morgan fingerprint density at radius 3 is 0.982 bits per heavy atom. The number of hydrogen-bond donors (Lipinski definition) is 2. The van der Waals surface area contributed by atoms with E-state index >= 15 is 0 Å². The number of rotatable bonds is 37. The molecule has 0 saturated heterocycles. The summed E-state index contributed by atoms with van der Waals surface area (Å²) < 4.78 is 20.0. The number of hydrogen-bond acceptors (Lipinski definition) is 3. The standard InChI is InChI=1S/C51H97O4P/c1-9-11-13-15-17-19-21-23-25-27-29-31-33-35-37-39-41-46(40-38-36-34-32-30-28-26-24-22-20-18-16-14-12-10-2)55-56(53,54)44-45-42-47(50(3,4)5)49(52)48(43-45)51(6,7)8/h42-43,46,52H,9-41,44H2,1-8H3,(H,53,54). The summed E-state index contributed by atoms with van der Waals surface area (Å²) in [4.78, 5) is 11.3. The molecule has 0 saturated carbocycles. The van der Waals surface area contributed by atoms with E-state index in [4.69, 9.17) is 4.52 Å². The van der Waals surface area contributed by atoms with Gasteiger partial charge in [-0.3, -0.25) is 4.57 Å². The van der Waals surface area contributed by atoms with Crippen LogP contribution in [-0.2, 0) is 26.1 Å². The first-order valence-electron chi connectivity index (χ1n) is 24.6. The van der Waals surface area contributed by atoms with Crippen LogP contribution in [-0.4, -0.2) is 16.1 Å². The molecule has 0 bridgehead atoms. The molecule has 0 fully saturated rings. The second-order valence-corrected chi connectivity index (χ2v) is 21.7. The maximum Gasteiger partial charge on any atom is 0.332 e. The second kappa shape index (κ2) is 32.0. The van der Waals surface area contributed by atoms with Gasteiger partial charge in [0.25, 0.3) is 0 Å². The molecule has 5 heteroatoms. The van der Waals surface area contributed by atoms with Gasteiger partial charge in [0.15, 0.2) is 0 Å². The molecule has 2 atom stereocenters. The molecule has 4 nitrogen and oxygen atoms in total. The quantitative estimate of drug-likeness (QED) is 0.0519. The van der Waals surface area contributed by atoms with Crippen LogP contribution in [0, 0.1) is 0 Å². The smallest absolute Gasteiger partial charge is 0.332 e. The van der Waals surface area contributed by atoms with E-state index in [9.17, 15) is 14.6 Å². The molecule has 0 aliphatic heterocycles. The van der Waals surface area contributed by atoms with Gasteiger partial charge >= 0.3 is 7.60 Å². The summed E-state index contributed by atoms with van der Waals surface area (Å²) in [5, 5.41) is 11.2. The fourth-order valence-electron chi connectivity index (χ4n) is 8.34. The van der Waals surface area contributed by atoms with Crippen LogP contribution in [0.2, 0.25) is 0 Å². The fourth-order valence-corrected chi connectivity index (χ4v) is 9.74. The van der Waals surface area contributed by atoms with E-state index in [1.807, 2.05) is 12.1 Å². The summed E-state index contributed by atoms with van der Waals surface area (Å²) in [6.07, 6.45) is 43.1. The molecular weight excluding hydrogens is 708 g/mol. The molecule has 1 aromatic rings. The largest absolute Gasteiger partial charge is 0.507 e. The molecule has 56 heavy (non-hydrogen) atoms. The van der Waals surface area contributed by atoms with Gasteiger partial charge in [-0.25, -0.2) is 0 Å². The van der Waals surface area contributed by atoms with E-state index in [-0.39, 0.29) is 23.1 Å². The molecule has 2 unspecified atom stereocenters. The Hall–Kier alpha value is -0.830. The van der Waals surface area contributed by atoms with Crippen molar-refractivity contribution in [3.8, 4) is 5.75 Å². The first-order chi connectivity index (χ1) is 26.7. The highest BCUT2D eigenvalue weighted by Crippen LogP contribution is 2.50. The zero-order chi connectivity index (χ0) is 41.5. The summed E-state index contributed by atoms with van der Waals surface area (Å²) in [7, 11) is -3.89.